The van der Waals surface area contributed by atoms with E-state index in [1.54, 1.807) is 14.2 Å². The van der Waals surface area contributed by atoms with Gasteiger partial charge in [-0.05, 0) is 31.0 Å². The van der Waals surface area contributed by atoms with Crippen LogP contribution in [0, 0.1) is 0 Å². The zero-order chi connectivity index (χ0) is 23.9. The van der Waals surface area contributed by atoms with Gasteiger partial charge >= 0.3 is 0 Å². The van der Waals surface area contributed by atoms with Crippen LogP contribution in [0.5, 0.6) is 11.5 Å². The van der Waals surface area contributed by atoms with Crippen LogP contribution < -0.4 is 14.8 Å². The molecule has 4 rings (SSSR count). The summed E-state index contributed by atoms with van der Waals surface area (Å²) in [6, 6.07) is 14.1. The molecule has 0 bridgehead atoms. The standard InChI is InChI=1S/C26H30N4O4/c1-4-27-26(31)23-17-34-25(29-23)16-30(15-19-9-10-20(32-2)13-24(19)33-3)12-11-18-14-28-22-8-6-5-7-21(18)22/h5-10,13-14,17,28H,4,11-12,15-16H2,1-3H3,(H,27,31). The fourth-order valence-corrected chi connectivity index (χ4v) is 3.98. The van der Waals surface area contributed by atoms with Gasteiger partial charge in [-0.2, -0.15) is 0 Å². The Morgan fingerprint density at radius 1 is 1.12 bits per heavy atom. The van der Waals surface area contributed by atoms with Crippen molar-refractivity contribution in [2.24, 2.45) is 0 Å². The highest BCUT2D eigenvalue weighted by Crippen LogP contribution is 2.27. The molecule has 0 spiro atoms. The number of aromatic nitrogens is 2. The molecular formula is C26H30N4O4. The Morgan fingerprint density at radius 2 is 1.97 bits per heavy atom. The molecule has 0 aliphatic carbocycles. The van der Waals surface area contributed by atoms with Gasteiger partial charge in [0.05, 0.1) is 20.8 Å². The Hall–Kier alpha value is -3.78. The SMILES string of the molecule is CCNC(=O)c1coc(CN(CCc2c[nH]c3ccccc23)Cc2ccc(OC)cc2OC)n1. The van der Waals surface area contributed by atoms with Crippen molar-refractivity contribution in [3.05, 3.63) is 77.6 Å². The largest absolute Gasteiger partial charge is 0.497 e. The molecule has 0 atom stereocenters. The Balaban J connectivity index is 1.55. The number of nitrogens with zero attached hydrogens (tertiary/aromatic N) is 2. The Kier molecular flexibility index (Phi) is 7.49. The van der Waals surface area contributed by atoms with Gasteiger partial charge < -0.3 is 24.2 Å². The normalized spacial score (nSPS) is 11.2. The number of aromatic amines is 1. The van der Waals surface area contributed by atoms with Gasteiger partial charge in [-0.15, -0.1) is 0 Å². The fourth-order valence-electron chi connectivity index (χ4n) is 3.98. The summed E-state index contributed by atoms with van der Waals surface area (Å²) in [7, 11) is 3.29. The molecule has 0 saturated heterocycles. The predicted octanol–water partition coefficient (Wildman–Crippen LogP) is 4.17. The average Bonchev–Trinajstić information content (AvgIpc) is 3.50. The second-order valence-electron chi connectivity index (χ2n) is 7.98. The van der Waals surface area contributed by atoms with Gasteiger partial charge in [0, 0.05) is 48.4 Å². The molecule has 34 heavy (non-hydrogen) atoms. The maximum absolute atomic E-state index is 12.1. The minimum absolute atomic E-state index is 0.236. The number of para-hydroxylation sites is 1. The third-order valence-electron chi connectivity index (χ3n) is 5.74. The molecule has 2 N–H and O–H groups in total. The number of hydrogen-bond donors (Lipinski definition) is 2. The van der Waals surface area contributed by atoms with Crippen LogP contribution in [0.2, 0.25) is 0 Å². The molecule has 0 saturated carbocycles. The molecule has 0 aliphatic rings. The topological polar surface area (TPSA) is 92.6 Å². The number of fused-ring (bicyclic) bond motifs is 1. The second-order valence-corrected chi connectivity index (χ2v) is 7.98. The maximum Gasteiger partial charge on any atom is 0.273 e. The minimum atomic E-state index is -0.236. The van der Waals surface area contributed by atoms with E-state index in [-0.39, 0.29) is 11.6 Å². The predicted molar refractivity (Wildman–Crippen MR) is 130 cm³/mol. The quantitative estimate of drug-likeness (QED) is 0.348. The zero-order valence-electron chi connectivity index (χ0n) is 19.8. The summed E-state index contributed by atoms with van der Waals surface area (Å²) >= 11 is 0. The zero-order valence-corrected chi connectivity index (χ0v) is 19.8. The van der Waals surface area contributed by atoms with Crippen LogP contribution in [0.25, 0.3) is 10.9 Å². The van der Waals surface area contributed by atoms with Crippen molar-refractivity contribution in [2.45, 2.75) is 26.4 Å². The van der Waals surface area contributed by atoms with E-state index in [0.717, 1.165) is 35.5 Å². The third-order valence-corrected chi connectivity index (χ3v) is 5.74. The highest BCUT2D eigenvalue weighted by atomic mass is 16.5. The van der Waals surface area contributed by atoms with E-state index in [0.29, 0.717) is 25.5 Å². The van der Waals surface area contributed by atoms with E-state index >= 15 is 0 Å². The van der Waals surface area contributed by atoms with Gasteiger partial charge in [-0.1, -0.05) is 24.3 Å². The van der Waals surface area contributed by atoms with Gasteiger partial charge in [0.1, 0.15) is 17.8 Å². The van der Waals surface area contributed by atoms with Crippen molar-refractivity contribution in [1.29, 1.82) is 0 Å². The molecule has 0 aliphatic heterocycles. The number of rotatable bonds is 11. The molecule has 2 heterocycles. The van der Waals surface area contributed by atoms with E-state index in [1.165, 1.54) is 17.2 Å². The van der Waals surface area contributed by atoms with Gasteiger partial charge in [0.2, 0.25) is 5.89 Å². The summed E-state index contributed by atoms with van der Waals surface area (Å²) in [6.07, 6.45) is 4.31. The van der Waals surface area contributed by atoms with Crippen molar-refractivity contribution in [3.63, 3.8) is 0 Å². The summed E-state index contributed by atoms with van der Waals surface area (Å²) < 4.78 is 16.6. The van der Waals surface area contributed by atoms with Gasteiger partial charge in [-0.25, -0.2) is 4.98 Å². The van der Waals surface area contributed by atoms with Gasteiger partial charge in [0.25, 0.3) is 5.91 Å². The molecule has 4 aromatic rings. The first kappa shape index (κ1) is 23.4. The van der Waals surface area contributed by atoms with Crippen LogP contribution in [0.3, 0.4) is 0 Å². The minimum Gasteiger partial charge on any atom is -0.497 e. The van der Waals surface area contributed by atoms with E-state index in [9.17, 15) is 4.79 Å². The van der Waals surface area contributed by atoms with Crippen LogP contribution >= 0.6 is 0 Å². The number of carbonyl (C=O) groups excluding carboxylic acids is 1. The molecule has 0 fully saturated rings. The Labute approximate surface area is 198 Å². The highest BCUT2D eigenvalue weighted by molar-refractivity contribution is 5.91. The second kappa shape index (κ2) is 10.9. The molecule has 0 radical (unpaired) electrons. The molecule has 8 heteroatoms. The van der Waals surface area contributed by atoms with Crippen LogP contribution in [-0.4, -0.2) is 48.1 Å². The smallest absolute Gasteiger partial charge is 0.273 e. The fraction of sp³-hybridized carbons (Fsp3) is 0.308. The van der Waals surface area contributed by atoms with Crippen LogP contribution in [-0.2, 0) is 19.5 Å². The number of ether oxygens (including phenoxy) is 2. The third kappa shape index (κ3) is 5.40. The summed E-state index contributed by atoms with van der Waals surface area (Å²) in [6.45, 7) is 4.24. The lowest BCUT2D eigenvalue weighted by molar-refractivity contribution is 0.0950. The molecule has 178 valence electrons. The van der Waals surface area contributed by atoms with Crippen LogP contribution in [0.4, 0.5) is 0 Å². The summed E-state index contributed by atoms with van der Waals surface area (Å²) in [5, 5.41) is 3.97. The molecule has 2 aromatic heterocycles. The lowest BCUT2D eigenvalue weighted by Gasteiger charge is -2.22. The summed E-state index contributed by atoms with van der Waals surface area (Å²) in [4.78, 5) is 22.1. The van der Waals surface area contributed by atoms with E-state index in [4.69, 9.17) is 13.9 Å². The van der Waals surface area contributed by atoms with E-state index < -0.39 is 0 Å². The van der Waals surface area contributed by atoms with E-state index in [2.05, 4.69) is 44.6 Å². The number of amides is 1. The van der Waals surface area contributed by atoms with Crippen molar-refractivity contribution in [2.75, 3.05) is 27.3 Å². The highest BCUT2D eigenvalue weighted by Gasteiger charge is 2.17. The van der Waals surface area contributed by atoms with E-state index in [1.807, 2.05) is 31.2 Å². The number of H-pyrrole nitrogens is 1. The maximum atomic E-state index is 12.1. The van der Waals surface area contributed by atoms with Crippen molar-refractivity contribution in [1.82, 2.24) is 20.2 Å². The summed E-state index contributed by atoms with van der Waals surface area (Å²) in [5.41, 5.74) is 3.69. The Morgan fingerprint density at radius 3 is 2.76 bits per heavy atom. The average molecular weight is 463 g/mol. The number of methoxy groups -OCH3 is 2. The van der Waals surface area contributed by atoms with Crippen molar-refractivity contribution in [3.8, 4) is 11.5 Å². The van der Waals surface area contributed by atoms with Gasteiger partial charge in [0.15, 0.2) is 5.69 Å². The van der Waals surface area contributed by atoms with Crippen molar-refractivity contribution < 1.29 is 18.7 Å². The molecule has 1 amide bonds. The lowest BCUT2D eigenvalue weighted by atomic mass is 10.1. The van der Waals surface area contributed by atoms with Crippen LogP contribution in [0.15, 0.2) is 59.3 Å². The number of carbonyl (C=O) groups is 1. The lowest BCUT2D eigenvalue weighted by Crippen LogP contribution is -2.26. The monoisotopic (exact) mass is 462 g/mol. The van der Waals surface area contributed by atoms with Gasteiger partial charge in [-0.3, -0.25) is 9.69 Å². The molecule has 8 nitrogen and oxygen atoms in total. The van der Waals surface area contributed by atoms with Crippen molar-refractivity contribution >= 4 is 16.8 Å². The number of benzene rings is 2. The number of nitrogens with one attached hydrogen (secondary N) is 2. The number of hydrogen-bond acceptors (Lipinski definition) is 6. The first-order valence-electron chi connectivity index (χ1n) is 11.3. The summed E-state index contributed by atoms with van der Waals surface area (Å²) in [5.74, 6) is 1.75. The number of oxazole rings is 1. The molecule has 2 aromatic carbocycles. The first-order chi connectivity index (χ1) is 16.6. The molecule has 0 unspecified atom stereocenters. The molecular weight excluding hydrogens is 432 g/mol. The Bertz CT molecular complexity index is 1250. The first-order valence-corrected chi connectivity index (χ1v) is 11.3. The van der Waals surface area contributed by atoms with Crippen LogP contribution in [0.1, 0.15) is 34.4 Å².